The molecule has 0 aliphatic heterocycles. The largest absolute Gasteiger partial charge is 0.383 e. The van der Waals surface area contributed by atoms with Gasteiger partial charge in [-0.05, 0) is 12.8 Å². The van der Waals surface area contributed by atoms with Gasteiger partial charge in [-0.25, -0.2) is 4.39 Å². The molecule has 5 heteroatoms. The average Bonchev–Trinajstić information content (AvgIpc) is 2.72. The van der Waals surface area contributed by atoms with Crippen molar-refractivity contribution in [2.45, 2.75) is 39.8 Å². The highest BCUT2D eigenvalue weighted by Gasteiger charge is 2.14. The van der Waals surface area contributed by atoms with Gasteiger partial charge in [0.25, 0.3) is 0 Å². The maximum atomic E-state index is 12.5. The van der Waals surface area contributed by atoms with Gasteiger partial charge >= 0.3 is 0 Å². The summed E-state index contributed by atoms with van der Waals surface area (Å²) in [6.07, 6.45) is 1.77. The Morgan fingerprint density at radius 1 is 1.33 bits per heavy atom. The standard InChI is InChI=1S/C13H24FN3O/c1-4-12-11(10-15-7-9-18-3)13(5-2)17(16-12)8-6-14/h15H,4-10H2,1-3H3. The van der Waals surface area contributed by atoms with Crippen LogP contribution in [0, 0.1) is 0 Å². The van der Waals surface area contributed by atoms with Crippen molar-refractivity contribution < 1.29 is 9.13 Å². The molecule has 0 saturated heterocycles. The number of methoxy groups -OCH3 is 1. The van der Waals surface area contributed by atoms with E-state index in [2.05, 4.69) is 24.3 Å². The molecule has 104 valence electrons. The first-order valence-electron chi connectivity index (χ1n) is 6.61. The normalized spacial score (nSPS) is 11.1. The van der Waals surface area contributed by atoms with Crippen LogP contribution in [0.3, 0.4) is 0 Å². The second-order valence-corrected chi connectivity index (χ2v) is 4.16. The number of nitrogens with one attached hydrogen (secondary N) is 1. The summed E-state index contributed by atoms with van der Waals surface area (Å²) in [5.41, 5.74) is 3.45. The lowest BCUT2D eigenvalue weighted by atomic mass is 10.1. The van der Waals surface area contributed by atoms with Gasteiger partial charge < -0.3 is 10.1 Å². The predicted octanol–water partition coefficient (Wildman–Crippen LogP) is 1.71. The van der Waals surface area contributed by atoms with Crippen molar-refractivity contribution in [2.75, 3.05) is 26.9 Å². The van der Waals surface area contributed by atoms with Crippen LogP contribution in [0.25, 0.3) is 0 Å². The molecule has 0 bridgehead atoms. The van der Waals surface area contributed by atoms with E-state index in [1.807, 2.05) is 4.68 Å². The van der Waals surface area contributed by atoms with Crippen molar-refractivity contribution in [3.8, 4) is 0 Å². The van der Waals surface area contributed by atoms with E-state index in [-0.39, 0.29) is 6.67 Å². The molecule has 0 saturated carbocycles. The van der Waals surface area contributed by atoms with E-state index in [0.29, 0.717) is 13.2 Å². The van der Waals surface area contributed by atoms with E-state index >= 15 is 0 Å². The first-order chi connectivity index (χ1) is 8.78. The van der Waals surface area contributed by atoms with E-state index in [1.165, 1.54) is 5.56 Å². The Bertz CT molecular complexity index is 352. The molecule has 0 atom stereocenters. The summed E-state index contributed by atoms with van der Waals surface area (Å²) in [4.78, 5) is 0. The Labute approximate surface area is 109 Å². The molecule has 1 aromatic heterocycles. The third-order valence-electron chi connectivity index (χ3n) is 3.00. The van der Waals surface area contributed by atoms with Crippen molar-refractivity contribution in [1.82, 2.24) is 15.1 Å². The summed E-state index contributed by atoms with van der Waals surface area (Å²) >= 11 is 0. The molecule has 1 aromatic rings. The van der Waals surface area contributed by atoms with Crippen molar-refractivity contribution in [3.05, 3.63) is 17.0 Å². The molecule has 1 rings (SSSR count). The van der Waals surface area contributed by atoms with Gasteiger partial charge in [-0.15, -0.1) is 0 Å². The predicted molar refractivity (Wildman–Crippen MR) is 70.5 cm³/mol. The monoisotopic (exact) mass is 257 g/mol. The second-order valence-electron chi connectivity index (χ2n) is 4.16. The third-order valence-corrected chi connectivity index (χ3v) is 3.00. The molecule has 0 aliphatic carbocycles. The van der Waals surface area contributed by atoms with E-state index in [4.69, 9.17) is 4.74 Å². The Morgan fingerprint density at radius 3 is 2.67 bits per heavy atom. The van der Waals surface area contributed by atoms with E-state index in [0.717, 1.165) is 37.3 Å². The molecule has 0 fully saturated rings. The highest BCUT2D eigenvalue weighted by molar-refractivity contribution is 5.26. The topological polar surface area (TPSA) is 39.1 Å². The minimum absolute atomic E-state index is 0.355. The summed E-state index contributed by atoms with van der Waals surface area (Å²) in [5.74, 6) is 0. The summed E-state index contributed by atoms with van der Waals surface area (Å²) in [6, 6.07) is 0. The third kappa shape index (κ3) is 3.78. The smallest absolute Gasteiger partial charge is 0.109 e. The van der Waals surface area contributed by atoms with Gasteiger partial charge in [0.05, 0.1) is 18.8 Å². The number of aromatic nitrogens is 2. The SMILES string of the molecule is CCc1nn(CCF)c(CC)c1CNCCOC. The van der Waals surface area contributed by atoms with E-state index in [9.17, 15) is 4.39 Å². The van der Waals surface area contributed by atoms with Gasteiger partial charge in [0, 0.05) is 31.5 Å². The van der Waals surface area contributed by atoms with Crippen molar-refractivity contribution >= 4 is 0 Å². The summed E-state index contributed by atoms with van der Waals surface area (Å²) in [7, 11) is 1.69. The highest BCUT2D eigenvalue weighted by Crippen LogP contribution is 2.16. The van der Waals surface area contributed by atoms with E-state index in [1.54, 1.807) is 7.11 Å². The fourth-order valence-corrected chi connectivity index (χ4v) is 2.13. The lowest BCUT2D eigenvalue weighted by Crippen LogP contribution is -2.20. The maximum absolute atomic E-state index is 12.5. The number of halogens is 1. The molecule has 18 heavy (non-hydrogen) atoms. The summed E-state index contributed by atoms with van der Waals surface area (Å²) in [5, 5.41) is 7.83. The molecular weight excluding hydrogens is 233 g/mol. The zero-order valence-electron chi connectivity index (χ0n) is 11.6. The van der Waals surface area contributed by atoms with E-state index < -0.39 is 0 Å². The Hall–Kier alpha value is -0.940. The van der Waals surface area contributed by atoms with Crippen LogP contribution in [0.15, 0.2) is 0 Å². The molecule has 0 radical (unpaired) electrons. The maximum Gasteiger partial charge on any atom is 0.109 e. The van der Waals surface area contributed by atoms with Crippen LogP contribution in [-0.4, -0.2) is 36.7 Å². The highest BCUT2D eigenvalue weighted by atomic mass is 19.1. The zero-order valence-corrected chi connectivity index (χ0v) is 11.6. The van der Waals surface area contributed by atoms with Crippen LogP contribution in [0.5, 0.6) is 0 Å². The molecule has 1 heterocycles. The Morgan fingerprint density at radius 2 is 2.11 bits per heavy atom. The number of hydrogen-bond donors (Lipinski definition) is 1. The fourth-order valence-electron chi connectivity index (χ4n) is 2.13. The van der Waals surface area contributed by atoms with Crippen molar-refractivity contribution in [1.29, 1.82) is 0 Å². The molecule has 0 spiro atoms. The molecule has 0 amide bonds. The summed E-state index contributed by atoms with van der Waals surface area (Å²) in [6.45, 7) is 6.45. The number of aryl methyl sites for hydroxylation is 2. The van der Waals surface area contributed by atoms with Gasteiger partial charge in [0.2, 0.25) is 0 Å². The van der Waals surface area contributed by atoms with Crippen LogP contribution < -0.4 is 5.32 Å². The first-order valence-corrected chi connectivity index (χ1v) is 6.61. The lowest BCUT2D eigenvalue weighted by Gasteiger charge is -2.07. The van der Waals surface area contributed by atoms with Crippen molar-refractivity contribution in [3.63, 3.8) is 0 Å². The quantitative estimate of drug-likeness (QED) is 0.685. The number of ether oxygens (including phenoxy) is 1. The Balaban J connectivity index is 2.78. The van der Waals surface area contributed by atoms with Crippen LogP contribution in [-0.2, 0) is 30.7 Å². The first kappa shape index (κ1) is 15.1. The molecule has 4 nitrogen and oxygen atoms in total. The number of hydrogen-bond acceptors (Lipinski definition) is 3. The van der Waals surface area contributed by atoms with Crippen LogP contribution in [0.4, 0.5) is 4.39 Å². The van der Waals surface area contributed by atoms with Gasteiger partial charge in [-0.1, -0.05) is 13.8 Å². The number of nitrogens with zero attached hydrogens (tertiary/aromatic N) is 2. The van der Waals surface area contributed by atoms with Gasteiger partial charge in [-0.2, -0.15) is 5.10 Å². The number of alkyl halides is 1. The zero-order chi connectivity index (χ0) is 13.4. The minimum Gasteiger partial charge on any atom is -0.383 e. The molecule has 0 aromatic carbocycles. The van der Waals surface area contributed by atoms with Crippen LogP contribution >= 0.6 is 0 Å². The van der Waals surface area contributed by atoms with Gasteiger partial charge in [0.1, 0.15) is 6.67 Å². The van der Waals surface area contributed by atoms with Crippen LogP contribution in [0.1, 0.15) is 30.8 Å². The average molecular weight is 257 g/mol. The van der Waals surface area contributed by atoms with Crippen molar-refractivity contribution in [2.24, 2.45) is 0 Å². The minimum atomic E-state index is -0.367. The van der Waals surface area contributed by atoms with Gasteiger partial charge in [0.15, 0.2) is 0 Å². The molecule has 0 aliphatic rings. The number of rotatable bonds is 9. The molecule has 0 unspecified atom stereocenters. The van der Waals surface area contributed by atoms with Gasteiger partial charge in [-0.3, -0.25) is 4.68 Å². The second kappa shape index (κ2) is 8.21. The Kier molecular flexibility index (Phi) is 6.90. The lowest BCUT2D eigenvalue weighted by molar-refractivity contribution is 0.199. The van der Waals surface area contributed by atoms with Crippen LogP contribution in [0.2, 0.25) is 0 Å². The summed E-state index contributed by atoms with van der Waals surface area (Å²) < 4.78 is 19.3. The molecular formula is C13H24FN3O. The molecule has 1 N–H and O–H groups in total. The fraction of sp³-hybridized carbons (Fsp3) is 0.769.